The Hall–Kier alpha value is -2.21. The van der Waals surface area contributed by atoms with Crippen molar-refractivity contribution in [3.05, 3.63) is 71.8 Å². The third-order valence-electron chi connectivity index (χ3n) is 28.4. The number of nitrogens with zero attached hydrogens (tertiary/aromatic N) is 15. The lowest BCUT2D eigenvalue weighted by Crippen LogP contribution is -2.50. The van der Waals surface area contributed by atoms with Crippen molar-refractivity contribution in [2.24, 2.45) is 82.9 Å². The molecular weight excluding hydrogens is 1580 g/mol. The number of rotatable bonds is 29. The van der Waals surface area contributed by atoms with E-state index >= 15 is 0 Å². The molecule has 0 spiro atoms. The number of hydrogen-bond acceptors (Lipinski definition) is 17. The predicted molar refractivity (Wildman–Crippen MR) is 562 cm³/mol. The molecule has 9 aliphatic heterocycles. The van der Waals surface area contributed by atoms with Gasteiger partial charge in [0, 0.05) is 143 Å². The van der Waals surface area contributed by atoms with E-state index in [1.54, 1.807) is 0 Å². The van der Waals surface area contributed by atoms with E-state index in [2.05, 4.69) is 343 Å². The lowest BCUT2D eigenvalue weighted by atomic mass is 9.86. The molecule has 0 N–H and O–H groups in total. The first-order chi connectivity index (χ1) is 60.1. The lowest BCUT2D eigenvalue weighted by molar-refractivity contribution is 0.100. The molecule has 9 fully saturated rings. The van der Waals surface area contributed by atoms with Crippen molar-refractivity contribution in [1.29, 1.82) is 0 Å². The summed E-state index contributed by atoms with van der Waals surface area (Å²) in [7, 11) is 17.1. The summed E-state index contributed by atoms with van der Waals surface area (Å²) < 4.78 is 22.2. The Morgan fingerprint density at radius 2 is 0.638 bits per heavy atom. The summed E-state index contributed by atoms with van der Waals surface area (Å²) in [5, 5.41) is 0. The van der Waals surface area contributed by atoms with E-state index in [0.29, 0.717) is 17.4 Å². The number of hydrogen-bond donors (Lipinski definition) is 0. The fraction of sp³-hybridized carbons (Fsp3) is 0.890. The number of benzene rings is 2. The molecule has 748 valence electrons. The van der Waals surface area contributed by atoms with Crippen LogP contribution in [0.3, 0.4) is 0 Å². The molecule has 2 aromatic rings. The zero-order valence-corrected chi connectivity index (χ0v) is 91.0. The molecule has 0 aromatic heterocycles. The van der Waals surface area contributed by atoms with Crippen molar-refractivity contribution < 1.29 is 8.42 Å². The average molecular weight is 1800 g/mol. The lowest BCUT2D eigenvalue weighted by Gasteiger charge is -2.38. The Labute approximate surface area is 793 Å². The van der Waals surface area contributed by atoms with Gasteiger partial charge in [0.05, 0.1) is 11.5 Å². The first-order valence-corrected chi connectivity index (χ1v) is 54.7. The van der Waals surface area contributed by atoms with Gasteiger partial charge in [-0.2, -0.15) is 0 Å². The van der Waals surface area contributed by atoms with E-state index in [-0.39, 0.29) is 0 Å². The topological polar surface area (TPSA) is 82.7 Å². The SMILES string of the molecule is CC(C)C(C)CN(C)C.CC(C)C1CCN(C)CC1.CC(C)C1CCN(Cc2ccccc2)C1.CC(C)C1CCN(Cc2ccccc2)CC1.CC(C)CC1CN(C)CCN1C.CC(C)CCCN1CCCN(C)CC1.CC(C)CCCN1CCN(C)CC1.CC(C)CCN1CCCN(C)CC1.CC(C)CCN1CCN(C)CC1.CC(C)CCN1CCS(=O)(=O)CC1. The molecule has 9 aliphatic rings. The van der Waals surface area contributed by atoms with Crippen LogP contribution in [-0.4, -0.2) is 379 Å². The summed E-state index contributed by atoms with van der Waals surface area (Å²) in [6.45, 7) is 91.3. The van der Waals surface area contributed by atoms with Crippen molar-refractivity contribution in [2.45, 2.75) is 261 Å². The van der Waals surface area contributed by atoms with Gasteiger partial charge in [-0.05, 0) is 345 Å². The van der Waals surface area contributed by atoms with Crippen molar-refractivity contribution in [3.8, 4) is 0 Å². The zero-order chi connectivity index (χ0) is 94.8. The van der Waals surface area contributed by atoms with E-state index in [0.717, 1.165) is 116 Å². The molecule has 0 saturated carbocycles. The van der Waals surface area contributed by atoms with E-state index in [1.165, 1.54) is 304 Å². The molecule has 3 atom stereocenters. The van der Waals surface area contributed by atoms with Crippen LogP contribution in [0.5, 0.6) is 0 Å². The summed E-state index contributed by atoms with van der Waals surface area (Å²) in [5.41, 5.74) is 2.90. The second kappa shape index (κ2) is 71.3. The molecule has 0 amide bonds. The second-order valence-electron chi connectivity index (χ2n) is 45.2. The first-order valence-electron chi connectivity index (χ1n) is 52.9. The normalized spacial score (nSPS) is 22.0. The molecule has 18 heteroatoms. The molecule has 17 nitrogen and oxygen atoms in total. The maximum absolute atomic E-state index is 11.1. The minimum atomic E-state index is -2.70. The maximum Gasteiger partial charge on any atom is 0.152 e. The number of likely N-dealkylation sites (N-methyl/N-ethyl adjacent to an activating group) is 6. The quantitative estimate of drug-likeness (QED) is 0.0774. The van der Waals surface area contributed by atoms with Gasteiger partial charge in [0.15, 0.2) is 9.84 Å². The van der Waals surface area contributed by atoms with E-state index in [4.69, 9.17) is 0 Å². The fourth-order valence-corrected chi connectivity index (χ4v) is 19.2. The van der Waals surface area contributed by atoms with Gasteiger partial charge in [0.1, 0.15) is 0 Å². The molecule has 127 heavy (non-hydrogen) atoms. The Morgan fingerprint density at radius 3 is 0.992 bits per heavy atom. The van der Waals surface area contributed by atoms with Crippen LogP contribution >= 0.6 is 0 Å². The minimum Gasteiger partial charge on any atom is -0.309 e. The molecule has 9 saturated heterocycles. The molecule has 3 unspecified atom stereocenters. The van der Waals surface area contributed by atoms with Gasteiger partial charge < -0.3 is 63.7 Å². The van der Waals surface area contributed by atoms with Crippen LogP contribution in [0.1, 0.15) is 253 Å². The van der Waals surface area contributed by atoms with Crippen molar-refractivity contribution in [2.75, 3.05) is 291 Å². The van der Waals surface area contributed by atoms with Gasteiger partial charge >= 0.3 is 0 Å². The van der Waals surface area contributed by atoms with Gasteiger partial charge in [-0.15, -0.1) is 0 Å². The van der Waals surface area contributed by atoms with Crippen LogP contribution in [-0.2, 0) is 22.9 Å². The van der Waals surface area contributed by atoms with Crippen LogP contribution in [0.25, 0.3) is 0 Å². The van der Waals surface area contributed by atoms with Crippen LogP contribution in [0.15, 0.2) is 60.7 Å². The standard InChI is InChI=1S/C15H23N.C14H21N.C12H26N2.2C11H24N2.2C10H22N2.C9H19NO2S.C9H19N.C8H19N/c1-13(2)15-8-10-16(11-9-15)12-14-6-4-3-5-7-14;1-12(2)14-8-9-15(11-14)10-13-6-4-3-5-7-13;1-12(2)6-4-8-14-9-5-7-13(3)10-11-14;1-11(2)5-8-13-7-4-6-12(3)9-10-13;1-11(2)5-4-6-13-9-7-12(3)8-10-13;1-9(2)7-10-8-11(3)5-6-12(10)4;1-10(2)4-5-12-8-6-11(3)7-9-12;1-9(2)3-4-10-5-7-13(11,12)8-6-10;1-8(2)9-4-6-10(3)7-5-9;1-7(2)8(3)6-9(4)5/h3-7,13,15H,8-12H2,1-2H3;3-7,12,14H,8-11H2,1-2H3;12H,4-11H2,1-3H3;2*11H,4-10H2,1-3H3;9-10H,5-8H2,1-4H3;10H,4-9H2,1-3H3;9H,3-8H2,1-2H3;8-9H,4-7H2,1-3H3;7-8H,6H2,1-5H3. The Kier molecular flexibility index (Phi) is 67.9. The van der Waals surface area contributed by atoms with Gasteiger partial charge in [-0.1, -0.05) is 206 Å². The van der Waals surface area contributed by atoms with Crippen LogP contribution < -0.4 is 0 Å². The summed E-state index contributed by atoms with van der Waals surface area (Å²) >= 11 is 0. The maximum atomic E-state index is 11.1. The van der Waals surface area contributed by atoms with Gasteiger partial charge in [-0.25, -0.2) is 8.42 Å². The molecule has 0 aliphatic carbocycles. The zero-order valence-electron chi connectivity index (χ0n) is 90.1. The van der Waals surface area contributed by atoms with Gasteiger partial charge in [-0.3, -0.25) is 9.80 Å². The second-order valence-corrected chi connectivity index (χ2v) is 47.5. The summed E-state index contributed by atoms with van der Waals surface area (Å²) in [6.07, 6.45) is 20.4. The molecule has 11 rings (SSSR count). The summed E-state index contributed by atoms with van der Waals surface area (Å²) in [4.78, 5) is 37.2. The van der Waals surface area contributed by atoms with Crippen LogP contribution in [0.2, 0.25) is 0 Å². The van der Waals surface area contributed by atoms with E-state index < -0.39 is 9.84 Å². The monoisotopic (exact) mass is 1800 g/mol. The number of piperazine rings is 3. The minimum absolute atomic E-state index is 0.352. The molecule has 9 heterocycles. The third kappa shape index (κ3) is 64.4. The van der Waals surface area contributed by atoms with Gasteiger partial charge in [0.2, 0.25) is 0 Å². The number of likely N-dealkylation sites (tertiary alicyclic amines) is 3. The summed E-state index contributed by atoms with van der Waals surface area (Å²) in [6, 6.07) is 22.4. The highest BCUT2D eigenvalue weighted by atomic mass is 32.2. The Balaban J connectivity index is 0.000000480. The number of piperidine rings is 2. The summed E-state index contributed by atoms with van der Waals surface area (Å²) in [5.74, 6) is 12.8. The van der Waals surface area contributed by atoms with E-state index in [1.807, 2.05) is 0 Å². The predicted octanol–water partition coefficient (Wildman–Crippen LogP) is 19.3. The molecule has 0 bridgehead atoms. The Morgan fingerprint density at radius 1 is 0.315 bits per heavy atom. The highest BCUT2D eigenvalue weighted by Gasteiger charge is 2.28. The largest absolute Gasteiger partial charge is 0.309 e. The number of sulfone groups is 1. The van der Waals surface area contributed by atoms with Crippen LogP contribution in [0.4, 0.5) is 0 Å². The van der Waals surface area contributed by atoms with Crippen molar-refractivity contribution in [3.63, 3.8) is 0 Å². The molecular formula is C109H219N15O2S. The first kappa shape index (κ1) is 121. The molecule has 0 radical (unpaired) electrons. The molecule has 2 aromatic carbocycles. The fourth-order valence-electron chi connectivity index (χ4n) is 17.9. The highest BCUT2D eigenvalue weighted by molar-refractivity contribution is 7.91. The van der Waals surface area contributed by atoms with Crippen molar-refractivity contribution >= 4 is 9.84 Å². The average Bonchev–Trinajstić information content (AvgIpc) is 1.82. The smallest absolute Gasteiger partial charge is 0.152 e. The van der Waals surface area contributed by atoms with Gasteiger partial charge in [0.25, 0.3) is 0 Å². The third-order valence-corrected chi connectivity index (χ3v) is 30.0. The van der Waals surface area contributed by atoms with E-state index in [9.17, 15) is 8.42 Å². The van der Waals surface area contributed by atoms with Crippen molar-refractivity contribution in [1.82, 2.24) is 73.5 Å². The Bertz CT molecular complexity index is 2890. The van der Waals surface area contributed by atoms with Crippen LogP contribution in [0, 0.1) is 82.9 Å². The highest BCUT2D eigenvalue weighted by Crippen LogP contribution is 2.28.